The largest absolute Gasteiger partial charge is 0.481 e. The molecule has 6 nitrogen and oxygen atoms in total. The maximum atomic E-state index is 11.3. The molecular weight excluding hydrogens is 200 g/mol. The van der Waals surface area contributed by atoms with Crippen molar-refractivity contribution in [3.63, 3.8) is 0 Å². The number of rotatable bonds is 7. The van der Waals surface area contributed by atoms with Gasteiger partial charge in [-0.2, -0.15) is 0 Å². The molecule has 2 atom stereocenters. The third-order valence-electron chi connectivity index (χ3n) is 2.07. The highest BCUT2D eigenvalue weighted by atomic mass is 16.4. The van der Waals surface area contributed by atoms with Crippen molar-refractivity contribution in [1.29, 1.82) is 0 Å². The predicted molar refractivity (Wildman–Crippen MR) is 54.2 cm³/mol. The van der Waals surface area contributed by atoms with E-state index in [2.05, 4.69) is 5.32 Å². The number of aliphatic hydroxyl groups excluding tert-OH is 1. The number of hydrogen-bond donors (Lipinski definition) is 4. The molecule has 15 heavy (non-hydrogen) atoms. The monoisotopic (exact) mass is 218 g/mol. The zero-order chi connectivity index (χ0) is 11.8. The molecule has 0 heterocycles. The molecule has 0 saturated carbocycles. The fourth-order valence-corrected chi connectivity index (χ4v) is 0.995. The Bertz CT molecular complexity index is 216. The minimum Gasteiger partial charge on any atom is -0.481 e. The number of nitrogens with two attached hydrogens (primary N) is 1. The van der Waals surface area contributed by atoms with Crippen molar-refractivity contribution in [3.05, 3.63) is 0 Å². The molecule has 0 fully saturated rings. The van der Waals surface area contributed by atoms with Crippen LogP contribution in [0.1, 0.15) is 26.2 Å². The van der Waals surface area contributed by atoms with Crippen LogP contribution in [0.5, 0.6) is 0 Å². The van der Waals surface area contributed by atoms with E-state index >= 15 is 0 Å². The van der Waals surface area contributed by atoms with Crippen LogP contribution in [0.3, 0.4) is 0 Å². The first kappa shape index (κ1) is 13.9. The Hall–Kier alpha value is -1.14. The summed E-state index contributed by atoms with van der Waals surface area (Å²) in [6, 6.07) is -1.14. The molecule has 0 aliphatic rings. The number of nitrogens with one attached hydrogen (secondary N) is 1. The molecule has 0 saturated heterocycles. The summed E-state index contributed by atoms with van der Waals surface area (Å²) in [5, 5.41) is 19.7. The lowest BCUT2D eigenvalue weighted by Gasteiger charge is -2.17. The van der Waals surface area contributed by atoms with Crippen molar-refractivity contribution in [2.45, 2.75) is 38.3 Å². The van der Waals surface area contributed by atoms with Crippen molar-refractivity contribution in [2.24, 2.45) is 5.73 Å². The molecule has 0 rings (SSSR count). The number of aliphatic carboxylic acids is 1. The van der Waals surface area contributed by atoms with E-state index in [1.165, 1.54) is 0 Å². The average molecular weight is 218 g/mol. The van der Waals surface area contributed by atoms with Crippen LogP contribution in [-0.2, 0) is 9.59 Å². The molecule has 1 amide bonds. The van der Waals surface area contributed by atoms with Gasteiger partial charge in [0.05, 0.1) is 18.7 Å². The topological polar surface area (TPSA) is 113 Å². The summed E-state index contributed by atoms with van der Waals surface area (Å²) in [5.41, 5.74) is 5.47. The normalized spacial score (nSPS) is 14.3. The van der Waals surface area contributed by atoms with Gasteiger partial charge >= 0.3 is 5.97 Å². The first-order valence-electron chi connectivity index (χ1n) is 4.89. The number of carboxylic acids is 1. The van der Waals surface area contributed by atoms with Gasteiger partial charge in [0, 0.05) is 6.42 Å². The Balaban J connectivity index is 3.92. The zero-order valence-electron chi connectivity index (χ0n) is 8.77. The molecule has 0 bridgehead atoms. The number of carboxylic acid groups (broad SMARTS) is 1. The fourth-order valence-electron chi connectivity index (χ4n) is 0.995. The summed E-state index contributed by atoms with van der Waals surface area (Å²) < 4.78 is 0. The van der Waals surface area contributed by atoms with Gasteiger partial charge in [0.1, 0.15) is 0 Å². The summed E-state index contributed by atoms with van der Waals surface area (Å²) >= 11 is 0. The van der Waals surface area contributed by atoms with Crippen molar-refractivity contribution in [2.75, 3.05) is 6.61 Å². The zero-order valence-corrected chi connectivity index (χ0v) is 8.77. The lowest BCUT2D eigenvalue weighted by molar-refractivity contribution is -0.137. The number of carbonyl (C=O) groups excluding carboxylic acids is 1. The van der Waals surface area contributed by atoms with Crippen molar-refractivity contribution >= 4 is 11.9 Å². The average Bonchev–Trinajstić information content (AvgIpc) is 2.21. The second-order valence-electron chi connectivity index (χ2n) is 3.34. The van der Waals surface area contributed by atoms with Crippen molar-refractivity contribution < 1.29 is 19.8 Å². The van der Waals surface area contributed by atoms with E-state index in [1.807, 2.05) is 6.92 Å². The van der Waals surface area contributed by atoms with E-state index < -0.39 is 17.9 Å². The molecule has 0 aliphatic carbocycles. The second-order valence-corrected chi connectivity index (χ2v) is 3.34. The Morgan fingerprint density at radius 2 is 2.07 bits per heavy atom. The Labute approximate surface area is 88.5 Å². The molecule has 6 heteroatoms. The van der Waals surface area contributed by atoms with Gasteiger partial charge in [-0.25, -0.2) is 0 Å². The maximum Gasteiger partial charge on any atom is 0.303 e. The van der Waals surface area contributed by atoms with Crippen LogP contribution in [0.25, 0.3) is 0 Å². The van der Waals surface area contributed by atoms with Crippen molar-refractivity contribution in [1.82, 2.24) is 5.32 Å². The highest BCUT2D eigenvalue weighted by Gasteiger charge is 2.17. The molecule has 0 radical (unpaired) electrons. The molecule has 5 N–H and O–H groups in total. The minimum atomic E-state index is -0.979. The quantitative estimate of drug-likeness (QED) is 0.441. The van der Waals surface area contributed by atoms with Gasteiger partial charge in [-0.15, -0.1) is 0 Å². The lowest BCUT2D eigenvalue weighted by atomic mass is 10.1. The van der Waals surface area contributed by atoms with Gasteiger partial charge in [-0.1, -0.05) is 6.92 Å². The van der Waals surface area contributed by atoms with Crippen LogP contribution >= 0.6 is 0 Å². The summed E-state index contributed by atoms with van der Waals surface area (Å²) in [4.78, 5) is 21.6. The van der Waals surface area contributed by atoms with Crippen LogP contribution in [0.2, 0.25) is 0 Å². The smallest absolute Gasteiger partial charge is 0.303 e. The van der Waals surface area contributed by atoms with E-state index in [0.717, 1.165) is 0 Å². The number of hydrogen-bond acceptors (Lipinski definition) is 4. The molecule has 0 aromatic carbocycles. The van der Waals surface area contributed by atoms with Gasteiger partial charge in [-0.05, 0) is 12.8 Å². The van der Waals surface area contributed by atoms with Gasteiger partial charge in [0.15, 0.2) is 0 Å². The third-order valence-corrected chi connectivity index (χ3v) is 2.07. The summed E-state index contributed by atoms with van der Waals surface area (Å²) in [6.45, 7) is 1.68. The summed E-state index contributed by atoms with van der Waals surface area (Å²) in [6.07, 6.45) is 0.571. The van der Waals surface area contributed by atoms with Crippen LogP contribution in [0, 0.1) is 0 Å². The summed E-state index contributed by atoms with van der Waals surface area (Å²) in [5.74, 6) is -1.40. The van der Waals surface area contributed by atoms with Gasteiger partial charge in [-0.3, -0.25) is 9.59 Å². The van der Waals surface area contributed by atoms with E-state index in [0.29, 0.717) is 6.42 Å². The molecule has 1 unspecified atom stereocenters. The third kappa shape index (κ3) is 6.03. The van der Waals surface area contributed by atoms with Gasteiger partial charge < -0.3 is 21.3 Å². The van der Waals surface area contributed by atoms with E-state index in [4.69, 9.17) is 15.9 Å². The lowest BCUT2D eigenvalue weighted by Crippen LogP contribution is -2.46. The van der Waals surface area contributed by atoms with E-state index in [-0.39, 0.29) is 25.5 Å². The molecule has 0 aliphatic heterocycles. The van der Waals surface area contributed by atoms with Crippen LogP contribution in [0.15, 0.2) is 0 Å². The van der Waals surface area contributed by atoms with Crippen LogP contribution in [-0.4, -0.2) is 40.8 Å². The Morgan fingerprint density at radius 3 is 2.47 bits per heavy atom. The van der Waals surface area contributed by atoms with Crippen LogP contribution in [0.4, 0.5) is 0 Å². The fraction of sp³-hybridized carbons (Fsp3) is 0.778. The Morgan fingerprint density at radius 1 is 1.47 bits per heavy atom. The van der Waals surface area contributed by atoms with E-state index in [1.54, 1.807) is 0 Å². The van der Waals surface area contributed by atoms with E-state index in [9.17, 15) is 9.59 Å². The van der Waals surface area contributed by atoms with Gasteiger partial charge in [0.25, 0.3) is 0 Å². The number of aliphatic hydroxyl groups is 1. The van der Waals surface area contributed by atoms with Crippen LogP contribution < -0.4 is 11.1 Å². The highest BCUT2D eigenvalue weighted by Crippen LogP contribution is 1.97. The maximum absolute atomic E-state index is 11.3. The highest BCUT2D eigenvalue weighted by molar-refractivity contribution is 5.82. The molecule has 88 valence electrons. The van der Waals surface area contributed by atoms with Gasteiger partial charge in [0.2, 0.25) is 5.91 Å². The first-order valence-corrected chi connectivity index (χ1v) is 4.89. The van der Waals surface area contributed by atoms with Crippen molar-refractivity contribution in [3.8, 4) is 0 Å². The minimum absolute atomic E-state index is 0.100. The molecule has 0 aromatic rings. The standard InChI is InChI=1S/C9H18N2O4/c1-2-6(5-12)11-9(15)7(10)3-4-8(13)14/h6-7,12H,2-5,10H2,1H3,(H,11,15)(H,13,14)/t6-,7?/m0/s1. The SMILES string of the molecule is CC[C@@H](CO)NC(=O)C(N)CCC(=O)O. The predicted octanol–water partition coefficient (Wildman–Crippen LogP) is -0.934. The molecule has 0 spiro atoms. The molecular formula is C9H18N2O4. The number of amides is 1. The second kappa shape index (κ2) is 7.19. The molecule has 0 aromatic heterocycles. The number of carbonyl (C=O) groups is 2. The first-order chi connectivity index (χ1) is 7.01. The Kier molecular flexibility index (Phi) is 6.64. The summed E-state index contributed by atoms with van der Waals surface area (Å²) in [7, 11) is 0.